The molecule has 0 aliphatic carbocycles. The molecule has 0 radical (unpaired) electrons. The zero-order chi connectivity index (χ0) is 14.5. The molecule has 1 N–H and O–H groups in total. The van der Waals surface area contributed by atoms with Crippen molar-refractivity contribution in [2.45, 2.75) is 19.4 Å². The lowest BCUT2D eigenvalue weighted by atomic mass is 9.96. The van der Waals surface area contributed by atoms with E-state index in [4.69, 9.17) is 0 Å². The van der Waals surface area contributed by atoms with Gasteiger partial charge < -0.3 is 5.32 Å². The van der Waals surface area contributed by atoms with Crippen LogP contribution in [0.1, 0.15) is 24.1 Å². The number of pyridine rings is 1. The molecular formula is C19H20N2. The summed E-state index contributed by atoms with van der Waals surface area (Å²) in [5.41, 5.74) is 3.74. The molecule has 0 amide bonds. The first kappa shape index (κ1) is 13.8. The van der Waals surface area contributed by atoms with Gasteiger partial charge in [-0.25, -0.2) is 0 Å². The van der Waals surface area contributed by atoms with Crippen LogP contribution in [-0.2, 0) is 6.42 Å². The van der Waals surface area contributed by atoms with Gasteiger partial charge >= 0.3 is 0 Å². The third-order valence-electron chi connectivity index (χ3n) is 3.79. The highest BCUT2D eigenvalue weighted by molar-refractivity contribution is 5.82. The summed E-state index contributed by atoms with van der Waals surface area (Å²) in [5.74, 6) is 0. The molecule has 2 heteroatoms. The lowest BCUT2D eigenvalue weighted by Gasteiger charge is -2.20. The van der Waals surface area contributed by atoms with Crippen molar-refractivity contribution in [1.82, 2.24) is 10.3 Å². The molecule has 0 aliphatic rings. The first-order valence-electron chi connectivity index (χ1n) is 7.49. The van der Waals surface area contributed by atoms with E-state index in [2.05, 4.69) is 71.8 Å². The lowest BCUT2D eigenvalue weighted by Crippen LogP contribution is -2.23. The highest BCUT2D eigenvalue weighted by Gasteiger charge is 2.14. The Morgan fingerprint density at radius 3 is 2.52 bits per heavy atom. The van der Waals surface area contributed by atoms with Gasteiger partial charge in [0.2, 0.25) is 0 Å². The van der Waals surface area contributed by atoms with Gasteiger partial charge in [-0.2, -0.15) is 0 Å². The Hall–Kier alpha value is -2.19. The van der Waals surface area contributed by atoms with E-state index in [1.54, 1.807) is 0 Å². The van der Waals surface area contributed by atoms with Crippen molar-refractivity contribution in [3.05, 3.63) is 78.0 Å². The molecule has 1 aromatic heterocycles. The Morgan fingerprint density at radius 1 is 0.952 bits per heavy atom. The van der Waals surface area contributed by atoms with Crippen LogP contribution in [0.5, 0.6) is 0 Å². The molecule has 3 aromatic rings. The summed E-state index contributed by atoms with van der Waals surface area (Å²) in [6.45, 7) is 3.11. The van der Waals surface area contributed by atoms with Crippen LogP contribution in [0.3, 0.4) is 0 Å². The molecule has 3 rings (SSSR count). The summed E-state index contributed by atoms with van der Waals surface area (Å²) in [6.07, 6.45) is 2.90. The number of aromatic nitrogens is 1. The van der Waals surface area contributed by atoms with Crippen molar-refractivity contribution < 1.29 is 0 Å². The largest absolute Gasteiger partial charge is 0.310 e. The molecule has 21 heavy (non-hydrogen) atoms. The normalized spacial score (nSPS) is 12.4. The number of fused-ring (bicyclic) bond motifs is 1. The van der Waals surface area contributed by atoms with Gasteiger partial charge in [0.25, 0.3) is 0 Å². The van der Waals surface area contributed by atoms with Crippen LogP contribution in [-0.4, -0.2) is 11.5 Å². The second kappa shape index (κ2) is 6.51. The maximum atomic E-state index is 4.46. The van der Waals surface area contributed by atoms with Crippen LogP contribution >= 0.6 is 0 Å². The zero-order valence-corrected chi connectivity index (χ0v) is 12.3. The highest BCUT2D eigenvalue weighted by atomic mass is 14.9. The molecule has 0 saturated carbocycles. The summed E-state index contributed by atoms with van der Waals surface area (Å²) in [4.78, 5) is 4.46. The molecule has 0 aliphatic heterocycles. The Balaban J connectivity index is 1.99. The smallest absolute Gasteiger partial charge is 0.0705 e. The molecule has 0 spiro atoms. The molecule has 106 valence electrons. The van der Waals surface area contributed by atoms with Crippen molar-refractivity contribution >= 4 is 10.9 Å². The summed E-state index contributed by atoms with van der Waals surface area (Å²) < 4.78 is 0. The van der Waals surface area contributed by atoms with Crippen molar-refractivity contribution in [3.8, 4) is 0 Å². The molecule has 2 aromatic carbocycles. The fourth-order valence-corrected chi connectivity index (χ4v) is 2.81. The van der Waals surface area contributed by atoms with Crippen molar-refractivity contribution in [2.24, 2.45) is 0 Å². The zero-order valence-electron chi connectivity index (χ0n) is 12.3. The molecule has 1 heterocycles. The number of nitrogens with zero attached hydrogens (tertiary/aromatic N) is 1. The summed E-state index contributed by atoms with van der Waals surface area (Å²) >= 11 is 0. The molecule has 2 nitrogen and oxygen atoms in total. The molecule has 0 saturated heterocycles. The quantitative estimate of drug-likeness (QED) is 0.758. The Morgan fingerprint density at radius 2 is 1.71 bits per heavy atom. The van der Waals surface area contributed by atoms with Gasteiger partial charge in [-0.3, -0.25) is 4.98 Å². The minimum atomic E-state index is 0.310. The van der Waals surface area contributed by atoms with Gasteiger partial charge in [-0.05, 0) is 36.2 Å². The van der Waals surface area contributed by atoms with Crippen LogP contribution in [0.25, 0.3) is 10.9 Å². The van der Waals surface area contributed by atoms with Crippen LogP contribution < -0.4 is 5.32 Å². The van der Waals surface area contributed by atoms with Crippen molar-refractivity contribution in [2.75, 3.05) is 6.54 Å². The van der Waals surface area contributed by atoms with E-state index in [-0.39, 0.29) is 0 Å². The predicted octanol–water partition coefficient (Wildman–Crippen LogP) is 4.13. The number of rotatable bonds is 5. The number of para-hydroxylation sites is 1. The Kier molecular flexibility index (Phi) is 4.27. The van der Waals surface area contributed by atoms with E-state index in [0.717, 1.165) is 18.5 Å². The third kappa shape index (κ3) is 3.11. The van der Waals surface area contributed by atoms with E-state index in [9.17, 15) is 0 Å². The molecular weight excluding hydrogens is 256 g/mol. The van der Waals surface area contributed by atoms with Crippen LogP contribution in [0.2, 0.25) is 0 Å². The fourth-order valence-electron chi connectivity index (χ4n) is 2.81. The van der Waals surface area contributed by atoms with Gasteiger partial charge in [0.1, 0.15) is 0 Å². The van der Waals surface area contributed by atoms with E-state index < -0.39 is 0 Å². The first-order valence-corrected chi connectivity index (χ1v) is 7.49. The summed E-state index contributed by atoms with van der Waals surface area (Å²) in [7, 11) is 0. The minimum Gasteiger partial charge on any atom is -0.310 e. The van der Waals surface area contributed by atoms with E-state index in [0.29, 0.717) is 6.04 Å². The third-order valence-corrected chi connectivity index (χ3v) is 3.79. The first-order chi connectivity index (χ1) is 10.4. The SMILES string of the molecule is CCNC(Cc1ccccc1)c1ccnc2ccccc12. The van der Waals surface area contributed by atoms with E-state index >= 15 is 0 Å². The monoisotopic (exact) mass is 276 g/mol. The number of nitrogens with one attached hydrogen (secondary N) is 1. The van der Waals surface area contributed by atoms with Crippen LogP contribution in [0.15, 0.2) is 66.9 Å². The van der Waals surface area contributed by atoms with Gasteiger partial charge in [-0.15, -0.1) is 0 Å². The molecule has 1 unspecified atom stereocenters. The van der Waals surface area contributed by atoms with Gasteiger partial charge in [0, 0.05) is 17.6 Å². The summed E-state index contributed by atoms with van der Waals surface area (Å²) in [5, 5.41) is 4.85. The average molecular weight is 276 g/mol. The molecule has 0 bridgehead atoms. The van der Waals surface area contributed by atoms with Crippen LogP contribution in [0.4, 0.5) is 0 Å². The summed E-state index contributed by atoms with van der Waals surface area (Å²) in [6, 6.07) is 21.4. The molecule has 1 atom stereocenters. The number of hydrogen-bond donors (Lipinski definition) is 1. The maximum Gasteiger partial charge on any atom is 0.0705 e. The average Bonchev–Trinajstić information content (AvgIpc) is 2.55. The second-order valence-electron chi connectivity index (χ2n) is 5.22. The van der Waals surface area contributed by atoms with Gasteiger partial charge in [0.05, 0.1) is 5.52 Å². The second-order valence-corrected chi connectivity index (χ2v) is 5.22. The fraction of sp³-hybridized carbons (Fsp3) is 0.211. The van der Waals surface area contributed by atoms with E-state index in [1.165, 1.54) is 16.5 Å². The number of hydrogen-bond acceptors (Lipinski definition) is 2. The highest BCUT2D eigenvalue weighted by Crippen LogP contribution is 2.25. The van der Waals surface area contributed by atoms with Crippen molar-refractivity contribution in [3.63, 3.8) is 0 Å². The van der Waals surface area contributed by atoms with Crippen molar-refractivity contribution in [1.29, 1.82) is 0 Å². The van der Waals surface area contributed by atoms with Gasteiger partial charge in [-0.1, -0.05) is 55.5 Å². The maximum absolute atomic E-state index is 4.46. The van der Waals surface area contributed by atoms with Gasteiger partial charge in [0.15, 0.2) is 0 Å². The standard InChI is InChI=1S/C19H20N2/c1-2-20-19(14-15-8-4-3-5-9-15)17-12-13-21-18-11-7-6-10-16(17)18/h3-13,19-20H,2,14H2,1H3. The Labute approximate surface area is 125 Å². The van der Waals surface area contributed by atoms with Crippen LogP contribution in [0, 0.1) is 0 Å². The minimum absolute atomic E-state index is 0.310. The molecule has 0 fully saturated rings. The predicted molar refractivity (Wildman–Crippen MR) is 88.3 cm³/mol. The number of likely N-dealkylation sites (N-methyl/N-ethyl adjacent to an activating group) is 1. The topological polar surface area (TPSA) is 24.9 Å². The number of benzene rings is 2. The lowest BCUT2D eigenvalue weighted by molar-refractivity contribution is 0.553. The van der Waals surface area contributed by atoms with E-state index in [1.807, 2.05) is 12.3 Å². The Bertz CT molecular complexity index is 702.